The standard InChI is InChI=1S/C10H12N2O2/c1-7-9(5-4-6-10(13)14)8(2)12(3)11-7/h6H2,1-3H3,(H,13,14). The maximum atomic E-state index is 10.2. The predicted octanol–water partition coefficient (Wildman–Crippen LogP) is 0.863. The van der Waals surface area contributed by atoms with Crippen LogP contribution in [0.1, 0.15) is 23.4 Å². The maximum absolute atomic E-state index is 10.2. The monoisotopic (exact) mass is 192 g/mol. The Morgan fingerprint density at radius 1 is 1.57 bits per heavy atom. The topological polar surface area (TPSA) is 55.1 Å². The number of aromatic nitrogens is 2. The van der Waals surface area contributed by atoms with Crippen LogP contribution in [0.15, 0.2) is 0 Å². The Hall–Kier alpha value is -1.76. The summed E-state index contributed by atoms with van der Waals surface area (Å²) < 4.78 is 1.74. The molecule has 0 saturated heterocycles. The minimum absolute atomic E-state index is 0.131. The number of carboxylic acid groups (broad SMARTS) is 1. The highest BCUT2D eigenvalue weighted by atomic mass is 16.4. The Balaban J connectivity index is 2.94. The largest absolute Gasteiger partial charge is 0.481 e. The number of carbonyl (C=O) groups is 1. The molecular weight excluding hydrogens is 180 g/mol. The predicted molar refractivity (Wildman–Crippen MR) is 51.8 cm³/mol. The lowest BCUT2D eigenvalue weighted by molar-refractivity contribution is -0.135. The lowest BCUT2D eigenvalue weighted by atomic mass is 10.2. The molecule has 0 aliphatic carbocycles. The Labute approximate surface area is 82.5 Å². The number of hydrogen-bond acceptors (Lipinski definition) is 2. The van der Waals surface area contributed by atoms with E-state index in [1.807, 2.05) is 20.9 Å². The third-order valence-electron chi connectivity index (χ3n) is 1.96. The average Bonchev–Trinajstić information content (AvgIpc) is 2.31. The van der Waals surface area contributed by atoms with Crippen molar-refractivity contribution in [1.29, 1.82) is 0 Å². The minimum atomic E-state index is -0.906. The summed E-state index contributed by atoms with van der Waals surface area (Å²) in [6.07, 6.45) is -0.131. The number of carboxylic acids is 1. The van der Waals surface area contributed by atoms with Crippen LogP contribution >= 0.6 is 0 Å². The molecule has 0 bridgehead atoms. The molecule has 0 amide bonds. The average molecular weight is 192 g/mol. The van der Waals surface area contributed by atoms with Crippen molar-refractivity contribution in [3.63, 3.8) is 0 Å². The van der Waals surface area contributed by atoms with Gasteiger partial charge in [0.25, 0.3) is 0 Å². The number of aryl methyl sites for hydroxylation is 2. The molecule has 0 spiro atoms. The van der Waals surface area contributed by atoms with Crippen LogP contribution in [0.5, 0.6) is 0 Å². The van der Waals surface area contributed by atoms with Gasteiger partial charge in [-0.1, -0.05) is 11.8 Å². The molecule has 1 heterocycles. The Kier molecular flexibility index (Phi) is 2.92. The first-order valence-corrected chi connectivity index (χ1v) is 4.23. The van der Waals surface area contributed by atoms with Crippen LogP contribution in [0.25, 0.3) is 0 Å². The van der Waals surface area contributed by atoms with Gasteiger partial charge in [0, 0.05) is 7.05 Å². The fourth-order valence-corrected chi connectivity index (χ4v) is 1.16. The molecule has 4 heteroatoms. The van der Waals surface area contributed by atoms with E-state index in [0.717, 1.165) is 17.0 Å². The Morgan fingerprint density at radius 2 is 2.21 bits per heavy atom. The quantitative estimate of drug-likeness (QED) is 0.671. The van der Waals surface area contributed by atoms with Gasteiger partial charge in [0.2, 0.25) is 0 Å². The molecule has 0 saturated carbocycles. The van der Waals surface area contributed by atoms with Crippen LogP contribution in [0.3, 0.4) is 0 Å². The van der Waals surface area contributed by atoms with Gasteiger partial charge < -0.3 is 5.11 Å². The molecule has 74 valence electrons. The van der Waals surface area contributed by atoms with Crippen LogP contribution in [-0.4, -0.2) is 20.9 Å². The highest BCUT2D eigenvalue weighted by molar-refractivity contribution is 5.70. The second kappa shape index (κ2) is 3.97. The van der Waals surface area contributed by atoms with Crippen LogP contribution in [0, 0.1) is 25.7 Å². The molecule has 0 aliphatic rings. The van der Waals surface area contributed by atoms with Gasteiger partial charge in [-0.05, 0) is 13.8 Å². The van der Waals surface area contributed by atoms with Gasteiger partial charge in [0.1, 0.15) is 6.42 Å². The summed E-state index contributed by atoms with van der Waals surface area (Å²) in [6.45, 7) is 3.77. The van der Waals surface area contributed by atoms with Crippen LogP contribution < -0.4 is 0 Å². The molecule has 0 radical (unpaired) electrons. The third kappa shape index (κ3) is 2.13. The molecule has 0 unspecified atom stereocenters. The SMILES string of the molecule is Cc1nn(C)c(C)c1C#CCC(=O)O. The van der Waals surface area contributed by atoms with E-state index in [4.69, 9.17) is 5.11 Å². The highest BCUT2D eigenvalue weighted by Gasteiger charge is 2.05. The summed E-state index contributed by atoms with van der Waals surface area (Å²) in [6, 6.07) is 0. The van der Waals surface area contributed by atoms with Crippen molar-refractivity contribution in [2.24, 2.45) is 7.05 Å². The number of hydrogen-bond donors (Lipinski definition) is 1. The third-order valence-corrected chi connectivity index (χ3v) is 1.96. The first-order chi connectivity index (χ1) is 6.52. The van der Waals surface area contributed by atoms with Crippen molar-refractivity contribution < 1.29 is 9.90 Å². The number of rotatable bonds is 1. The molecule has 4 nitrogen and oxygen atoms in total. The van der Waals surface area contributed by atoms with Gasteiger partial charge in [0.05, 0.1) is 17.0 Å². The van der Waals surface area contributed by atoms with Crippen LogP contribution in [0.4, 0.5) is 0 Å². The summed E-state index contributed by atoms with van der Waals surface area (Å²) in [4.78, 5) is 10.2. The van der Waals surface area contributed by atoms with Crippen molar-refractivity contribution >= 4 is 5.97 Å². The van der Waals surface area contributed by atoms with Crippen molar-refractivity contribution in [3.8, 4) is 11.8 Å². The van der Waals surface area contributed by atoms with Crippen molar-refractivity contribution in [3.05, 3.63) is 17.0 Å². The first kappa shape index (κ1) is 10.3. The molecule has 1 aromatic heterocycles. The first-order valence-electron chi connectivity index (χ1n) is 4.23. The van der Waals surface area contributed by atoms with Crippen molar-refractivity contribution in [2.45, 2.75) is 20.3 Å². The molecule has 0 fully saturated rings. The highest BCUT2D eigenvalue weighted by Crippen LogP contribution is 2.09. The van der Waals surface area contributed by atoms with E-state index in [9.17, 15) is 4.79 Å². The second-order valence-corrected chi connectivity index (χ2v) is 3.04. The van der Waals surface area contributed by atoms with Gasteiger partial charge in [-0.3, -0.25) is 9.48 Å². The van der Waals surface area contributed by atoms with E-state index in [0.29, 0.717) is 0 Å². The summed E-state index contributed by atoms with van der Waals surface area (Å²) in [5.74, 6) is 4.51. The zero-order valence-corrected chi connectivity index (χ0v) is 8.46. The van der Waals surface area contributed by atoms with E-state index in [1.54, 1.807) is 4.68 Å². The summed E-state index contributed by atoms with van der Waals surface area (Å²) in [5, 5.41) is 12.6. The number of aliphatic carboxylic acids is 1. The van der Waals surface area contributed by atoms with E-state index >= 15 is 0 Å². The summed E-state index contributed by atoms with van der Waals surface area (Å²) in [5.41, 5.74) is 2.62. The minimum Gasteiger partial charge on any atom is -0.481 e. The van der Waals surface area contributed by atoms with Gasteiger partial charge in [-0.2, -0.15) is 5.10 Å². The molecule has 0 aliphatic heterocycles. The zero-order valence-electron chi connectivity index (χ0n) is 8.46. The Bertz CT molecular complexity index is 421. The smallest absolute Gasteiger partial charge is 0.315 e. The van der Waals surface area contributed by atoms with E-state index in [1.165, 1.54) is 0 Å². The van der Waals surface area contributed by atoms with Crippen molar-refractivity contribution in [2.75, 3.05) is 0 Å². The summed E-state index contributed by atoms with van der Waals surface area (Å²) >= 11 is 0. The summed E-state index contributed by atoms with van der Waals surface area (Å²) in [7, 11) is 1.84. The van der Waals surface area contributed by atoms with E-state index < -0.39 is 5.97 Å². The molecule has 0 aromatic carbocycles. The van der Waals surface area contributed by atoms with Gasteiger partial charge in [0.15, 0.2) is 0 Å². The van der Waals surface area contributed by atoms with Crippen molar-refractivity contribution in [1.82, 2.24) is 9.78 Å². The van der Waals surface area contributed by atoms with Crippen LogP contribution in [-0.2, 0) is 11.8 Å². The molecule has 1 N–H and O–H groups in total. The molecule has 1 aromatic rings. The van der Waals surface area contributed by atoms with Crippen LogP contribution in [0.2, 0.25) is 0 Å². The van der Waals surface area contributed by atoms with Gasteiger partial charge in [-0.25, -0.2) is 0 Å². The molecule has 14 heavy (non-hydrogen) atoms. The Morgan fingerprint density at radius 3 is 2.64 bits per heavy atom. The number of nitrogens with zero attached hydrogens (tertiary/aromatic N) is 2. The lowest BCUT2D eigenvalue weighted by Gasteiger charge is -1.91. The van der Waals surface area contributed by atoms with E-state index in [2.05, 4.69) is 16.9 Å². The lowest BCUT2D eigenvalue weighted by Crippen LogP contribution is -1.93. The second-order valence-electron chi connectivity index (χ2n) is 3.04. The fraction of sp³-hybridized carbons (Fsp3) is 0.400. The molecule has 1 rings (SSSR count). The normalized spacial score (nSPS) is 9.36. The van der Waals surface area contributed by atoms with Gasteiger partial charge >= 0.3 is 5.97 Å². The van der Waals surface area contributed by atoms with E-state index in [-0.39, 0.29) is 6.42 Å². The van der Waals surface area contributed by atoms with Gasteiger partial charge in [-0.15, -0.1) is 0 Å². The maximum Gasteiger partial charge on any atom is 0.315 e. The molecule has 0 atom stereocenters. The zero-order chi connectivity index (χ0) is 10.7. The fourth-order valence-electron chi connectivity index (χ4n) is 1.16. The molecular formula is C10H12N2O2.